The Kier molecular flexibility index (Phi) is 8.39. The van der Waals surface area contributed by atoms with Crippen LogP contribution in [0.25, 0.3) is 55.6 Å². The summed E-state index contributed by atoms with van der Waals surface area (Å²) >= 11 is 0. The molecule has 0 spiro atoms. The summed E-state index contributed by atoms with van der Waals surface area (Å²) in [4.78, 5) is 2.39. The third kappa shape index (κ3) is 6.43. The van der Waals surface area contributed by atoms with Gasteiger partial charge < -0.3 is 4.90 Å². The average Bonchev–Trinajstić information content (AvgIpc) is 3.20. The molecular weight excluding hydrogens is 591 g/mol. The molecule has 8 aromatic carbocycles. The van der Waals surface area contributed by atoms with Crippen LogP contribution in [0.15, 0.2) is 212 Å². The van der Waals surface area contributed by atoms with Crippen molar-refractivity contribution in [2.24, 2.45) is 0 Å². The predicted molar refractivity (Wildman–Crippen MR) is 208 cm³/mol. The molecule has 0 heterocycles. The molecule has 0 N–H and O–H groups in total. The molecule has 0 atom stereocenters. The number of hydrogen-bond donors (Lipinski definition) is 0. The van der Waals surface area contributed by atoms with E-state index in [2.05, 4.69) is 217 Å². The largest absolute Gasteiger partial charge is 0.310 e. The first kappa shape index (κ1) is 29.9. The van der Waals surface area contributed by atoms with Crippen molar-refractivity contribution in [1.29, 1.82) is 0 Å². The molecule has 49 heavy (non-hydrogen) atoms. The van der Waals surface area contributed by atoms with E-state index >= 15 is 0 Å². The zero-order valence-corrected chi connectivity index (χ0v) is 27.2. The normalized spacial score (nSPS) is 10.9. The second-order valence-corrected chi connectivity index (χ2v) is 12.2. The lowest BCUT2D eigenvalue weighted by molar-refractivity contribution is 1.28. The van der Waals surface area contributed by atoms with E-state index in [-0.39, 0.29) is 0 Å². The number of anilines is 3. The van der Waals surface area contributed by atoms with Gasteiger partial charge in [-0.1, -0.05) is 170 Å². The lowest BCUT2D eigenvalue weighted by Gasteiger charge is -2.27. The smallest absolute Gasteiger partial charge is 0.0473 e. The molecule has 0 aliphatic carbocycles. The van der Waals surface area contributed by atoms with Crippen LogP contribution in [0.5, 0.6) is 0 Å². The Labute approximate surface area is 289 Å². The molecule has 232 valence electrons. The molecule has 0 saturated heterocycles. The van der Waals surface area contributed by atoms with Gasteiger partial charge in [0.05, 0.1) is 0 Å². The Morgan fingerprint density at radius 2 is 0.592 bits per heavy atom. The fraction of sp³-hybridized carbons (Fsp3) is 0. The molecule has 0 bridgehead atoms. The Morgan fingerprint density at radius 1 is 0.204 bits per heavy atom. The molecule has 0 aliphatic rings. The van der Waals surface area contributed by atoms with Crippen molar-refractivity contribution in [2.45, 2.75) is 0 Å². The maximum absolute atomic E-state index is 2.39. The van der Waals surface area contributed by atoms with Crippen LogP contribution in [0, 0.1) is 0 Å². The van der Waals surface area contributed by atoms with Gasteiger partial charge in [0.2, 0.25) is 0 Å². The summed E-state index contributed by atoms with van der Waals surface area (Å²) in [6.07, 6.45) is 0. The van der Waals surface area contributed by atoms with Crippen LogP contribution in [0.2, 0.25) is 0 Å². The van der Waals surface area contributed by atoms with E-state index in [1.807, 2.05) is 0 Å². The summed E-state index contributed by atoms with van der Waals surface area (Å²) in [5.74, 6) is 0. The zero-order valence-electron chi connectivity index (χ0n) is 27.2. The highest BCUT2D eigenvalue weighted by Crippen LogP contribution is 2.42. The summed E-state index contributed by atoms with van der Waals surface area (Å²) in [6.45, 7) is 0. The molecule has 1 nitrogen and oxygen atoms in total. The Hall–Kier alpha value is -6.44. The van der Waals surface area contributed by atoms with Gasteiger partial charge in [0.15, 0.2) is 0 Å². The van der Waals surface area contributed by atoms with Crippen molar-refractivity contribution in [2.75, 3.05) is 4.90 Å². The van der Waals surface area contributed by atoms with E-state index in [1.54, 1.807) is 0 Å². The van der Waals surface area contributed by atoms with Gasteiger partial charge in [-0.25, -0.2) is 0 Å². The van der Waals surface area contributed by atoms with Crippen molar-refractivity contribution in [3.8, 4) is 55.6 Å². The molecule has 0 saturated carbocycles. The minimum atomic E-state index is 1.09. The van der Waals surface area contributed by atoms with E-state index in [1.165, 1.54) is 55.6 Å². The van der Waals surface area contributed by atoms with Gasteiger partial charge in [-0.3, -0.25) is 0 Å². The standard InChI is InChI=1S/C48H35N/c1-5-16-36(17-6-1)41-24-15-25-45(33-41)49(44-30-28-40(29-31-44)48-27-14-13-26-47(48)39-22-11-4-12-23-39)46-34-42(37-18-7-2-8-19-37)32-43(35-46)38-20-9-3-10-21-38/h1-35H. The highest BCUT2D eigenvalue weighted by molar-refractivity contribution is 5.88. The Bertz CT molecular complexity index is 2240. The molecule has 8 rings (SSSR count). The molecule has 0 radical (unpaired) electrons. The molecular formula is C48H35N. The highest BCUT2D eigenvalue weighted by atomic mass is 15.1. The molecule has 0 amide bonds. The molecule has 0 aliphatic heterocycles. The van der Waals surface area contributed by atoms with Crippen molar-refractivity contribution >= 4 is 17.1 Å². The third-order valence-electron chi connectivity index (χ3n) is 9.05. The number of nitrogens with zero attached hydrogens (tertiary/aromatic N) is 1. The third-order valence-corrected chi connectivity index (χ3v) is 9.05. The molecule has 1 heteroatoms. The second kappa shape index (κ2) is 13.7. The van der Waals surface area contributed by atoms with Crippen molar-refractivity contribution in [1.82, 2.24) is 0 Å². The topological polar surface area (TPSA) is 3.24 Å². The second-order valence-electron chi connectivity index (χ2n) is 12.2. The highest BCUT2D eigenvalue weighted by Gasteiger charge is 2.17. The Morgan fingerprint density at radius 3 is 1.10 bits per heavy atom. The fourth-order valence-corrected chi connectivity index (χ4v) is 6.63. The number of hydrogen-bond acceptors (Lipinski definition) is 1. The molecule has 0 unspecified atom stereocenters. The van der Waals surface area contributed by atoms with Crippen LogP contribution < -0.4 is 4.90 Å². The van der Waals surface area contributed by atoms with Gasteiger partial charge in [-0.05, 0) is 98.1 Å². The molecule has 0 aromatic heterocycles. The van der Waals surface area contributed by atoms with Gasteiger partial charge in [0.25, 0.3) is 0 Å². The van der Waals surface area contributed by atoms with Crippen LogP contribution in [0.1, 0.15) is 0 Å². The lowest BCUT2D eigenvalue weighted by atomic mass is 9.94. The minimum absolute atomic E-state index is 1.09. The van der Waals surface area contributed by atoms with E-state index < -0.39 is 0 Å². The van der Waals surface area contributed by atoms with Gasteiger partial charge in [-0.15, -0.1) is 0 Å². The minimum Gasteiger partial charge on any atom is -0.310 e. The first-order valence-electron chi connectivity index (χ1n) is 16.8. The van der Waals surface area contributed by atoms with Crippen LogP contribution in [0.3, 0.4) is 0 Å². The fourth-order valence-electron chi connectivity index (χ4n) is 6.63. The van der Waals surface area contributed by atoms with Crippen molar-refractivity contribution in [3.05, 3.63) is 212 Å². The van der Waals surface area contributed by atoms with E-state index in [0.29, 0.717) is 0 Å². The SMILES string of the molecule is c1ccc(-c2cccc(N(c3ccc(-c4ccccc4-c4ccccc4)cc3)c3cc(-c4ccccc4)cc(-c4ccccc4)c3)c2)cc1. The Balaban J connectivity index is 1.30. The van der Waals surface area contributed by atoms with Crippen LogP contribution in [-0.4, -0.2) is 0 Å². The maximum atomic E-state index is 2.39. The average molecular weight is 626 g/mol. The van der Waals surface area contributed by atoms with Crippen LogP contribution >= 0.6 is 0 Å². The van der Waals surface area contributed by atoms with Gasteiger partial charge in [-0.2, -0.15) is 0 Å². The summed E-state index contributed by atoms with van der Waals surface area (Å²) in [5, 5.41) is 0. The zero-order chi connectivity index (χ0) is 32.8. The van der Waals surface area contributed by atoms with Crippen LogP contribution in [0.4, 0.5) is 17.1 Å². The van der Waals surface area contributed by atoms with Crippen molar-refractivity contribution in [3.63, 3.8) is 0 Å². The number of benzene rings is 8. The van der Waals surface area contributed by atoms with Gasteiger partial charge >= 0.3 is 0 Å². The molecule has 0 fully saturated rings. The van der Waals surface area contributed by atoms with Gasteiger partial charge in [0, 0.05) is 17.1 Å². The summed E-state index contributed by atoms with van der Waals surface area (Å²) in [7, 11) is 0. The van der Waals surface area contributed by atoms with Crippen LogP contribution in [-0.2, 0) is 0 Å². The first-order chi connectivity index (χ1) is 24.3. The predicted octanol–water partition coefficient (Wildman–Crippen LogP) is 13.5. The van der Waals surface area contributed by atoms with E-state index in [9.17, 15) is 0 Å². The quantitative estimate of drug-likeness (QED) is 0.162. The summed E-state index contributed by atoms with van der Waals surface area (Å²) in [6, 6.07) is 76.0. The van der Waals surface area contributed by atoms with Crippen molar-refractivity contribution < 1.29 is 0 Å². The van der Waals surface area contributed by atoms with E-state index in [4.69, 9.17) is 0 Å². The first-order valence-corrected chi connectivity index (χ1v) is 16.8. The van der Waals surface area contributed by atoms with E-state index in [0.717, 1.165) is 17.1 Å². The lowest BCUT2D eigenvalue weighted by Crippen LogP contribution is -2.10. The summed E-state index contributed by atoms with van der Waals surface area (Å²) in [5.41, 5.74) is 15.2. The number of rotatable bonds is 8. The summed E-state index contributed by atoms with van der Waals surface area (Å²) < 4.78 is 0. The monoisotopic (exact) mass is 625 g/mol. The molecule has 8 aromatic rings. The van der Waals surface area contributed by atoms with Gasteiger partial charge in [0.1, 0.15) is 0 Å². The maximum Gasteiger partial charge on any atom is 0.0473 e.